The highest BCUT2D eigenvalue weighted by Crippen LogP contribution is 2.60. The Hall–Kier alpha value is -0.300. The predicted octanol–water partition coefficient (Wildman–Crippen LogP) is 2.22. The molecule has 12 heavy (non-hydrogen) atoms. The number of aliphatic hydroxyl groups is 1. The van der Waals surface area contributed by atoms with E-state index in [1.165, 1.54) is 18.4 Å². The van der Waals surface area contributed by atoms with E-state index in [0.717, 1.165) is 5.92 Å². The molecule has 0 aromatic rings. The van der Waals surface area contributed by atoms with E-state index in [1.54, 1.807) is 0 Å². The average molecular weight is 166 g/mol. The van der Waals surface area contributed by atoms with Crippen molar-refractivity contribution in [1.82, 2.24) is 0 Å². The number of rotatable bonds is 1. The van der Waals surface area contributed by atoms with Gasteiger partial charge in [-0.1, -0.05) is 26.0 Å². The second kappa shape index (κ2) is 2.35. The maximum atomic E-state index is 9.13. The number of hydrogen-bond acceptors (Lipinski definition) is 1. The van der Waals surface area contributed by atoms with Crippen LogP contribution in [0.25, 0.3) is 0 Å². The highest BCUT2D eigenvalue weighted by atomic mass is 16.3. The molecule has 0 aromatic carbocycles. The van der Waals surface area contributed by atoms with E-state index < -0.39 is 0 Å². The molecule has 68 valence electrons. The quantitative estimate of drug-likeness (QED) is 0.592. The smallest absolute Gasteiger partial charge is 0.0465 e. The Labute approximate surface area is 74.5 Å². The molecule has 2 bridgehead atoms. The highest BCUT2D eigenvalue weighted by molar-refractivity contribution is 5.24. The first kappa shape index (κ1) is 8.31. The van der Waals surface area contributed by atoms with Crippen molar-refractivity contribution >= 4 is 0 Å². The summed E-state index contributed by atoms with van der Waals surface area (Å²) in [6, 6.07) is 0. The van der Waals surface area contributed by atoms with Gasteiger partial charge in [0.15, 0.2) is 0 Å². The molecule has 2 saturated carbocycles. The molecular weight excluding hydrogens is 148 g/mol. The van der Waals surface area contributed by atoms with Gasteiger partial charge in [-0.15, -0.1) is 0 Å². The fraction of sp³-hybridized carbons (Fsp3) is 0.818. The van der Waals surface area contributed by atoms with Crippen LogP contribution in [0.2, 0.25) is 0 Å². The minimum Gasteiger partial charge on any atom is -0.396 e. The number of fused-ring (bicyclic) bond motifs is 2. The van der Waals surface area contributed by atoms with Crippen molar-refractivity contribution in [3.8, 4) is 0 Å². The summed E-state index contributed by atoms with van der Waals surface area (Å²) in [7, 11) is 0. The van der Waals surface area contributed by atoms with Crippen molar-refractivity contribution in [3.05, 3.63) is 12.2 Å². The maximum Gasteiger partial charge on any atom is 0.0465 e. The first-order valence-electron chi connectivity index (χ1n) is 4.87. The summed E-state index contributed by atoms with van der Waals surface area (Å²) >= 11 is 0. The topological polar surface area (TPSA) is 20.2 Å². The average Bonchev–Trinajstić information content (AvgIpc) is 2.52. The van der Waals surface area contributed by atoms with Crippen molar-refractivity contribution < 1.29 is 5.11 Å². The van der Waals surface area contributed by atoms with Crippen LogP contribution in [0.5, 0.6) is 0 Å². The fourth-order valence-electron chi connectivity index (χ4n) is 3.08. The molecule has 1 nitrogen and oxygen atoms in total. The van der Waals surface area contributed by atoms with Crippen LogP contribution in [0.4, 0.5) is 0 Å². The molecule has 0 aromatic heterocycles. The van der Waals surface area contributed by atoms with Crippen LogP contribution in [-0.4, -0.2) is 11.7 Å². The Morgan fingerprint density at radius 2 is 2.17 bits per heavy atom. The Balaban J connectivity index is 2.24. The van der Waals surface area contributed by atoms with Crippen LogP contribution in [0.15, 0.2) is 12.2 Å². The lowest BCUT2D eigenvalue weighted by Gasteiger charge is -2.35. The molecule has 2 rings (SSSR count). The van der Waals surface area contributed by atoms with Gasteiger partial charge in [0.25, 0.3) is 0 Å². The summed E-state index contributed by atoms with van der Waals surface area (Å²) in [4.78, 5) is 0. The number of allylic oxidation sites excluding steroid dienone is 1. The lowest BCUT2D eigenvalue weighted by atomic mass is 9.70. The monoisotopic (exact) mass is 166 g/mol. The molecule has 0 aliphatic heterocycles. The van der Waals surface area contributed by atoms with Crippen LogP contribution >= 0.6 is 0 Å². The molecule has 3 unspecified atom stereocenters. The zero-order valence-electron chi connectivity index (χ0n) is 8.01. The lowest BCUT2D eigenvalue weighted by Crippen LogP contribution is -2.28. The van der Waals surface area contributed by atoms with Gasteiger partial charge < -0.3 is 5.11 Å². The summed E-state index contributed by atoms with van der Waals surface area (Å²) in [5, 5.41) is 9.13. The van der Waals surface area contributed by atoms with Gasteiger partial charge >= 0.3 is 0 Å². The Kier molecular flexibility index (Phi) is 1.63. The third-order valence-corrected chi connectivity index (χ3v) is 4.23. The highest BCUT2D eigenvalue weighted by Gasteiger charge is 2.52. The van der Waals surface area contributed by atoms with E-state index in [2.05, 4.69) is 20.4 Å². The number of aliphatic hydroxyl groups excluding tert-OH is 1. The number of hydrogen-bond donors (Lipinski definition) is 1. The summed E-state index contributed by atoms with van der Waals surface area (Å²) in [6.45, 7) is 9.13. The third-order valence-electron chi connectivity index (χ3n) is 4.23. The Bertz CT molecular complexity index is 217. The van der Waals surface area contributed by atoms with Crippen LogP contribution in [-0.2, 0) is 0 Å². The van der Waals surface area contributed by atoms with E-state index in [-0.39, 0.29) is 0 Å². The van der Waals surface area contributed by atoms with Gasteiger partial charge in [-0.2, -0.15) is 0 Å². The molecule has 2 aliphatic rings. The van der Waals surface area contributed by atoms with Gasteiger partial charge in [-0.05, 0) is 36.0 Å². The molecule has 0 saturated heterocycles. The van der Waals surface area contributed by atoms with Crippen molar-refractivity contribution in [2.75, 3.05) is 6.61 Å². The zero-order chi connectivity index (χ0) is 8.93. The molecule has 3 atom stereocenters. The van der Waals surface area contributed by atoms with Gasteiger partial charge in [0.1, 0.15) is 0 Å². The molecule has 0 heterocycles. The van der Waals surface area contributed by atoms with Gasteiger partial charge in [0.2, 0.25) is 0 Å². The molecule has 0 radical (unpaired) electrons. The van der Waals surface area contributed by atoms with E-state index >= 15 is 0 Å². The Morgan fingerprint density at radius 3 is 2.58 bits per heavy atom. The van der Waals surface area contributed by atoms with E-state index in [0.29, 0.717) is 23.9 Å². The van der Waals surface area contributed by atoms with E-state index in [4.69, 9.17) is 5.11 Å². The fourth-order valence-corrected chi connectivity index (χ4v) is 3.08. The minimum absolute atomic E-state index is 0.344. The third kappa shape index (κ3) is 0.832. The molecule has 2 fully saturated rings. The standard InChI is InChI=1S/C11H18O/c1-7-10-5-9(11(7,2)3)4-8(10)6-12/h8-10,12H,1,4-6H2,2-3H3. The zero-order valence-corrected chi connectivity index (χ0v) is 8.01. The van der Waals surface area contributed by atoms with Crippen LogP contribution in [0.1, 0.15) is 26.7 Å². The molecule has 2 aliphatic carbocycles. The lowest BCUT2D eigenvalue weighted by molar-refractivity contribution is 0.165. The van der Waals surface area contributed by atoms with Crippen LogP contribution < -0.4 is 0 Å². The summed E-state index contributed by atoms with van der Waals surface area (Å²) in [5.74, 6) is 1.93. The first-order valence-corrected chi connectivity index (χ1v) is 4.87. The Morgan fingerprint density at radius 1 is 1.50 bits per heavy atom. The molecular formula is C11H18O. The molecule has 1 heteroatoms. The maximum absolute atomic E-state index is 9.13. The van der Waals surface area contributed by atoms with E-state index in [9.17, 15) is 0 Å². The van der Waals surface area contributed by atoms with Gasteiger partial charge in [-0.3, -0.25) is 0 Å². The summed E-state index contributed by atoms with van der Waals surface area (Å²) < 4.78 is 0. The largest absolute Gasteiger partial charge is 0.396 e. The summed E-state index contributed by atoms with van der Waals surface area (Å²) in [6.07, 6.45) is 2.49. The summed E-state index contributed by atoms with van der Waals surface area (Å²) in [5.41, 5.74) is 1.73. The van der Waals surface area contributed by atoms with Gasteiger partial charge in [-0.25, -0.2) is 0 Å². The van der Waals surface area contributed by atoms with Crippen LogP contribution in [0, 0.1) is 23.2 Å². The van der Waals surface area contributed by atoms with Crippen molar-refractivity contribution in [3.63, 3.8) is 0 Å². The molecule has 0 spiro atoms. The van der Waals surface area contributed by atoms with E-state index in [1.807, 2.05) is 0 Å². The predicted molar refractivity (Wildman–Crippen MR) is 49.7 cm³/mol. The molecule has 0 amide bonds. The second-order valence-corrected chi connectivity index (χ2v) is 4.96. The SMILES string of the molecule is C=C1C2CC(CC2CO)C1(C)C. The minimum atomic E-state index is 0.344. The van der Waals surface area contributed by atoms with Gasteiger partial charge in [0.05, 0.1) is 0 Å². The second-order valence-electron chi connectivity index (χ2n) is 4.96. The van der Waals surface area contributed by atoms with Gasteiger partial charge in [0, 0.05) is 6.61 Å². The van der Waals surface area contributed by atoms with Crippen molar-refractivity contribution in [2.24, 2.45) is 23.2 Å². The first-order chi connectivity index (χ1) is 5.57. The molecule has 1 N–H and O–H groups in total. The van der Waals surface area contributed by atoms with Crippen molar-refractivity contribution in [1.29, 1.82) is 0 Å². The van der Waals surface area contributed by atoms with Crippen molar-refractivity contribution in [2.45, 2.75) is 26.7 Å². The van der Waals surface area contributed by atoms with Crippen LogP contribution in [0.3, 0.4) is 0 Å². The normalized spacial score (nSPS) is 43.9.